The fourth-order valence-electron chi connectivity index (χ4n) is 2.66. The van der Waals surface area contributed by atoms with Crippen LogP contribution in [0.4, 0.5) is 0 Å². The minimum Gasteiger partial charge on any atom is -0.493 e. The fraction of sp³-hybridized carbons (Fsp3) is 0.421. The van der Waals surface area contributed by atoms with Crippen LogP contribution >= 0.6 is 0 Å². The van der Waals surface area contributed by atoms with Crippen molar-refractivity contribution in [3.8, 4) is 5.75 Å². The predicted octanol–water partition coefficient (Wildman–Crippen LogP) is 4.18. The van der Waals surface area contributed by atoms with E-state index in [0.717, 1.165) is 23.6 Å². The van der Waals surface area contributed by atoms with Crippen LogP contribution in [0.25, 0.3) is 10.8 Å². The molecule has 0 aliphatic heterocycles. The molecule has 0 atom stereocenters. The Morgan fingerprint density at radius 3 is 2.39 bits per heavy atom. The van der Waals surface area contributed by atoms with E-state index in [2.05, 4.69) is 12.3 Å². The van der Waals surface area contributed by atoms with Crippen LogP contribution in [0, 0.1) is 0 Å². The van der Waals surface area contributed by atoms with Gasteiger partial charge >= 0.3 is 0 Å². The summed E-state index contributed by atoms with van der Waals surface area (Å²) in [7, 11) is 0. The number of nitrogens with two attached hydrogens (primary N) is 1. The minimum absolute atomic E-state index is 0.325. The number of rotatable bonds is 9. The van der Waals surface area contributed by atoms with Crippen LogP contribution in [-0.2, 0) is 0 Å². The number of amides is 1. The molecule has 4 heteroatoms. The molecule has 0 spiro atoms. The number of carbonyl (C=O) groups excluding carboxylic acids is 1. The van der Waals surface area contributed by atoms with Gasteiger partial charge in [0.05, 0.1) is 12.2 Å². The zero-order valence-corrected chi connectivity index (χ0v) is 13.8. The molecule has 0 heterocycles. The number of fused-ring (bicyclic) bond motifs is 1. The summed E-state index contributed by atoms with van der Waals surface area (Å²) in [4.78, 5) is 12.0. The Kier molecular flexibility index (Phi) is 6.88. The van der Waals surface area contributed by atoms with Crippen LogP contribution < -0.4 is 16.0 Å². The van der Waals surface area contributed by atoms with Crippen LogP contribution in [0.1, 0.15) is 55.8 Å². The van der Waals surface area contributed by atoms with E-state index in [1.807, 2.05) is 36.4 Å². The molecule has 3 N–H and O–H groups in total. The highest BCUT2D eigenvalue weighted by Crippen LogP contribution is 2.26. The highest BCUT2D eigenvalue weighted by molar-refractivity contribution is 6.01. The topological polar surface area (TPSA) is 64.3 Å². The maximum absolute atomic E-state index is 12.0. The van der Waals surface area contributed by atoms with Gasteiger partial charge in [0, 0.05) is 0 Å². The van der Waals surface area contributed by atoms with Gasteiger partial charge in [-0.2, -0.15) is 0 Å². The predicted molar refractivity (Wildman–Crippen MR) is 94.5 cm³/mol. The van der Waals surface area contributed by atoms with E-state index in [1.54, 1.807) is 0 Å². The zero-order chi connectivity index (χ0) is 16.5. The number of nitrogen functional groups attached to an aromatic ring is 1. The Hall–Kier alpha value is -2.07. The van der Waals surface area contributed by atoms with Gasteiger partial charge in [-0.25, -0.2) is 5.84 Å². The van der Waals surface area contributed by atoms with E-state index in [9.17, 15) is 4.79 Å². The molecule has 2 rings (SSSR count). The van der Waals surface area contributed by atoms with Crippen LogP contribution in [0.3, 0.4) is 0 Å². The molecule has 0 radical (unpaired) electrons. The van der Waals surface area contributed by atoms with E-state index in [0.29, 0.717) is 17.9 Å². The summed E-state index contributed by atoms with van der Waals surface area (Å²) < 4.78 is 5.86. The Labute approximate surface area is 138 Å². The molecule has 4 nitrogen and oxygen atoms in total. The van der Waals surface area contributed by atoms with Crippen molar-refractivity contribution in [3.05, 3.63) is 42.0 Å². The Morgan fingerprint density at radius 2 is 1.70 bits per heavy atom. The first-order valence-corrected chi connectivity index (χ1v) is 8.42. The average molecular weight is 314 g/mol. The first-order valence-electron chi connectivity index (χ1n) is 8.42. The first kappa shape index (κ1) is 17.3. The lowest BCUT2D eigenvalue weighted by Gasteiger charge is -2.12. The van der Waals surface area contributed by atoms with Gasteiger partial charge in [0.1, 0.15) is 5.75 Å². The van der Waals surface area contributed by atoms with E-state index in [4.69, 9.17) is 10.6 Å². The molecule has 124 valence electrons. The third kappa shape index (κ3) is 4.96. The highest BCUT2D eigenvalue weighted by atomic mass is 16.5. The fourth-order valence-corrected chi connectivity index (χ4v) is 2.66. The summed E-state index contributed by atoms with van der Waals surface area (Å²) >= 11 is 0. The summed E-state index contributed by atoms with van der Waals surface area (Å²) in [5.74, 6) is 5.56. The number of hydrogen-bond acceptors (Lipinski definition) is 3. The molecule has 0 saturated heterocycles. The van der Waals surface area contributed by atoms with Gasteiger partial charge in [-0.15, -0.1) is 0 Å². The van der Waals surface area contributed by atoms with Gasteiger partial charge in [-0.05, 0) is 29.3 Å². The first-order chi connectivity index (χ1) is 11.3. The standard InChI is InChI=1S/C19H26N2O2/c1-2-3-4-5-6-9-12-23-18-14-16-11-8-7-10-15(16)13-17(18)19(22)21-20/h7-8,10-11,13-14H,2-6,9,12,20H2,1H3,(H,21,22). The van der Waals surface area contributed by atoms with Crippen LogP contribution in [0.15, 0.2) is 36.4 Å². The molecule has 0 fully saturated rings. The molecule has 0 aliphatic carbocycles. The van der Waals surface area contributed by atoms with Gasteiger partial charge in [-0.1, -0.05) is 63.3 Å². The number of unbranched alkanes of at least 4 members (excludes halogenated alkanes) is 5. The molecule has 2 aromatic rings. The zero-order valence-electron chi connectivity index (χ0n) is 13.8. The van der Waals surface area contributed by atoms with Crippen molar-refractivity contribution in [2.24, 2.45) is 5.84 Å². The van der Waals surface area contributed by atoms with Crippen molar-refractivity contribution in [2.45, 2.75) is 45.4 Å². The molecule has 1 amide bonds. The maximum Gasteiger partial charge on any atom is 0.268 e. The van der Waals surface area contributed by atoms with Crippen LogP contribution in [-0.4, -0.2) is 12.5 Å². The second-order valence-corrected chi connectivity index (χ2v) is 5.79. The molecule has 0 aliphatic rings. The molecular formula is C19H26N2O2. The molecule has 23 heavy (non-hydrogen) atoms. The van der Waals surface area contributed by atoms with Crippen molar-refractivity contribution < 1.29 is 9.53 Å². The SMILES string of the molecule is CCCCCCCCOc1cc2ccccc2cc1C(=O)NN. The lowest BCUT2D eigenvalue weighted by atomic mass is 10.1. The van der Waals surface area contributed by atoms with Crippen LogP contribution in [0.5, 0.6) is 5.75 Å². The minimum atomic E-state index is -0.325. The monoisotopic (exact) mass is 314 g/mol. The lowest BCUT2D eigenvalue weighted by Crippen LogP contribution is -2.30. The number of carbonyl (C=O) groups is 1. The second-order valence-electron chi connectivity index (χ2n) is 5.79. The molecule has 0 aromatic heterocycles. The average Bonchev–Trinajstić information content (AvgIpc) is 2.59. The largest absolute Gasteiger partial charge is 0.493 e. The summed E-state index contributed by atoms with van der Waals surface area (Å²) in [5.41, 5.74) is 2.68. The van der Waals surface area contributed by atoms with Crippen molar-refractivity contribution in [1.82, 2.24) is 5.43 Å². The van der Waals surface area contributed by atoms with Gasteiger partial charge in [0.15, 0.2) is 0 Å². The molecule has 0 unspecified atom stereocenters. The Bertz CT molecular complexity index is 640. The normalized spacial score (nSPS) is 10.7. The smallest absolute Gasteiger partial charge is 0.268 e. The number of benzene rings is 2. The highest BCUT2D eigenvalue weighted by Gasteiger charge is 2.13. The molecule has 2 aromatic carbocycles. The van der Waals surface area contributed by atoms with Gasteiger partial charge < -0.3 is 4.74 Å². The number of ether oxygens (including phenoxy) is 1. The van der Waals surface area contributed by atoms with Crippen molar-refractivity contribution in [2.75, 3.05) is 6.61 Å². The van der Waals surface area contributed by atoms with E-state index >= 15 is 0 Å². The van der Waals surface area contributed by atoms with E-state index in [-0.39, 0.29) is 5.91 Å². The molecular weight excluding hydrogens is 288 g/mol. The van der Waals surface area contributed by atoms with Crippen molar-refractivity contribution in [3.63, 3.8) is 0 Å². The summed E-state index contributed by atoms with van der Waals surface area (Å²) in [6, 6.07) is 11.6. The number of hydrogen-bond donors (Lipinski definition) is 2. The van der Waals surface area contributed by atoms with E-state index < -0.39 is 0 Å². The summed E-state index contributed by atoms with van der Waals surface area (Å²) in [6.45, 7) is 2.84. The second kappa shape index (κ2) is 9.16. The summed E-state index contributed by atoms with van der Waals surface area (Å²) in [6.07, 6.45) is 7.24. The molecule has 0 saturated carbocycles. The van der Waals surface area contributed by atoms with Crippen molar-refractivity contribution >= 4 is 16.7 Å². The molecule has 0 bridgehead atoms. The van der Waals surface area contributed by atoms with Gasteiger partial charge in [0.25, 0.3) is 5.91 Å². The summed E-state index contributed by atoms with van der Waals surface area (Å²) in [5, 5.41) is 2.05. The maximum atomic E-state index is 12.0. The third-order valence-corrected chi connectivity index (χ3v) is 3.98. The Balaban J connectivity index is 2.01. The quantitative estimate of drug-likeness (QED) is 0.316. The van der Waals surface area contributed by atoms with E-state index in [1.165, 1.54) is 25.7 Å². The lowest BCUT2D eigenvalue weighted by molar-refractivity contribution is 0.0949. The van der Waals surface area contributed by atoms with Gasteiger partial charge in [0.2, 0.25) is 0 Å². The van der Waals surface area contributed by atoms with Gasteiger partial charge in [-0.3, -0.25) is 10.2 Å². The van der Waals surface area contributed by atoms with Crippen LogP contribution in [0.2, 0.25) is 0 Å². The number of hydrazine groups is 1. The van der Waals surface area contributed by atoms with Crippen molar-refractivity contribution in [1.29, 1.82) is 0 Å². The number of nitrogens with one attached hydrogen (secondary N) is 1. The Morgan fingerprint density at radius 1 is 1.04 bits per heavy atom. The third-order valence-electron chi connectivity index (χ3n) is 3.98.